The van der Waals surface area contributed by atoms with Gasteiger partial charge in [-0.2, -0.15) is 0 Å². The van der Waals surface area contributed by atoms with Gasteiger partial charge in [-0.3, -0.25) is 9.78 Å². The second kappa shape index (κ2) is 6.35. The van der Waals surface area contributed by atoms with Gasteiger partial charge in [0.15, 0.2) is 0 Å². The minimum atomic E-state index is -0.441. The largest absolute Gasteiger partial charge is 0.384 e. The van der Waals surface area contributed by atoms with Crippen LogP contribution in [0.2, 0.25) is 0 Å². The summed E-state index contributed by atoms with van der Waals surface area (Å²) in [6.07, 6.45) is 0. The van der Waals surface area contributed by atoms with Gasteiger partial charge in [-0.25, -0.2) is 0 Å². The Bertz CT molecular complexity index is 431. The van der Waals surface area contributed by atoms with Crippen LogP contribution in [0.3, 0.4) is 0 Å². The Morgan fingerprint density at radius 1 is 1.44 bits per heavy atom. The van der Waals surface area contributed by atoms with Gasteiger partial charge in [-0.05, 0) is 39.4 Å². The maximum Gasteiger partial charge on any atom is 0.252 e. The van der Waals surface area contributed by atoms with E-state index in [2.05, 4.69) is 22.5 Å². The fourth-order valence-corrected chi connectivity index (χ4v) is 1.98. The molecule has 0 aliphatic heterocycles. The molecule has 5 heteroatoms. The van der Waals surface area contributed by atoms with Gasteiger partial charge in [-0.1, -0.05) is 6.92 Å². The summed E-state index contributed by atoms with van der Waals surface area (Å²) < 4.78 is 0. The van der Waals surface area contributed by atoms with Gasteiger partial charge < -0.3 is 16.4 Å². The zero-order chi connectivity index (χ0) is 13.7. The van der Waals surface area contributed by atoms with E-state index in [9.17, 15) is 4.79 Å². The van der Waals surface area contributed by atoms with Crippen molar-refractivity contribution in [3.8, 4) is 0 Å². The molecule has 0 aliphatic rings. The summed E-state index contributed by atoms with van der Waals surface area (Å²) in [7, 11) is 1.92. The predicted molar refractivity (Wildman–Crippen MR) is 73.8 cm³/mol. The molecule has 1 rings (SSSR count). The SMILES string of the molecule is CNCC(C)CNc1cc(C)nc(C)c1C(N)=O. The lowest BCUT2D eigenvalue weighted by atomic mass is 10.1. The molecule has 0 spiro atoms. The lowest BCUT2D eigenvalue weighted by molar-refractivity contribution is 0.1000. The molecule has 100 valence electrons. The Morgan fingerprint density at radius 2 is 2.11 bits per heavy atom. The van der Waals surface area contributed by atoms with E-state index >= 15 is 0 Å². The molecule has 0 saturated carbocycles. The highest BCUT2D eigenvalue weighted by Gasteiger charge is 2.14. The van der Waals surface area contributed by atoms with Crippen LogP contribution in [0.4, 0.5) is 5.69 Å². The highest BCUT2D eigenvalue weighted by atomic mass is 16.1. The van der Waals surface area contributed by atoms with Gasteiger partial charge in [0.2, 0.25) is 0 Å². The Balaban J connectivity index is 2.90. The number of aryl methyl sites for hydroxylation is 2. The molecule has 1 heterocycles. The summed E-state index contributed by atoms with van der Waals surface area (Å²) in [5.41, 5.74) is 8.21. The number of nitrogens with one attached hydrogen (secondary N) is 2. The smallest absolute Gasteiger partial charge is 0.252 e. The molecule has 0 bridgehead atoms. The number of nitrogens with zero attached hydrogens (tertiary/aromatic N) is 1. The molecule has 0 fully saturated rings. The quantitative estimate of drug-likeness (QED) is 0.705. The fourth-order valence-electron chi connectivity index (χ4n) is 1.98. The molecule has 0 saturated heterocycles. The van der Waals surface area contributed by atoms with E-state index in [0.717, 1.165) is 24.5 Å². The number of pyridine rings is 1. The molecular weight excluding hydrogens is 228 g/mol. The number of rotatable bonds is 6. The van der Waals surface area contributed by atoms with Crippen LogP contribution in [0.1, 0.15) is 28.7 Å². The maximum absolute atomic E-state index is 11.5. The standard InChI is InChI=1S/C13H22N4O/c1-8(6-15-4)7-16-11-5-9(2)17-10(3)12(11)13(14)18/h5,8,15H,6-7H2,1-4H3,(H2,14,18)(H,16,17). The number of aromatic nitrogens is 1. The van der Waals surface area contributed by atoms with Crippen molar-refractivity contribution in [1.29, 1.82) is 0 Å². The summed E-state index contributed by atoms with van der Waals surface area (Å²) >= 11 is 0. The van der Waals surface area contributed by atoms with Crippen molar-refractivity contribution in [3.05, 3.63) is 23.0 Å². The van der Waals surface area contributed by atoms with E-state index < -0.39 is 5.91 Å². The minimum Gasteiger partial charge on any atom is -0.384 e. The van der Waals surface area contributed by atoms with Crippen molar-refractivity contribution in [1.82, 2.24) is 10.3 Å². The molecule has 1 amide bonds. The Morgan fingerprint density at radius 3 is 2.67 bits per heavy atom. The molecule has 0 radical (unpaired) electrons. The van der Waals surface area contributed by atoms with Crippen LogP contribution >= 0.6 is 0 Å². The Labute approximate surface area is 108 Å². The van der Waals surface area contributed by atoms with Gasteiger partial charge in [-0.15, -0.1) is 0 Å². The lowest BCUT2D eigenvalue weighted by Gasteiger charge is -2.16. The van der Waals surface area contributed by atoms with Crippen molar-refractivity contribution in [2.45, 2.75) is 20.8 Å². The molecule has 0 aromatic carbocycles. The fraction of sp³-hybridized carbons (Fsp3) is 0.538. The Kier molecular flexibility index (Phi) is 5.09. The van der Waals surface area contributed by atoms with Crippen LogP contribution < -0.4 is 16.4 Å². The van der Waals surface area contributed by atoms with Gasteiger partial charge in [0.1, 0.15) is 0 Å². The summed E-state index contributed by atoms with van der Waals surface area (Å²) in [6.45, 7) is 7.54. The van der Waals surface area contributed by atoms with E-state index in [1.165, 1.54) is 0 Å². The van der Waals surface area contributed by atoms with Crippen molar-refractivity contribution in [2.75, 3.05) is 25.5 Å². The summed E-state index contributed by atoms with van der Waals surface area (Å²) in [4.78, 5) is 15.7. The predicted octanol–water partition coefficient (Wildman–Crippen LogP) is 1.06. The van der Waals surface area contributed by atoms with Crippen LogP contribution in [0.25, 0.3) is 0 Å². The topological polar surface area (TPSA) is 80.0 Å². The number of primary amides is 1. The molecule has 0 aliphatic carbocycles. The van der Waals surface area contributed by atoms with Crippen molar-refractivity contribution >= 4 is 11.6 Å². The first-order valence-electron chi connectivity index (χ1n) is 6.12. The van der Waals surface area contributed by atoms with Gasteiger partial charge in [0.25, 0.3) is 5.91 Å². The number of nitrogens with two attached hydrogens (primary N) is 1. The number of hydrogen-bond donors (Lipinski definition) is 3. The highest BCUT2D eigenvalue weighted by Crippen LogP contribution is 2.19. The van der Waals surface area contributed by atoms with Crippen molar-refractivity contribution in [2.24, 2.45) is 11.7 Å². The van der Waals surface area contributed by atoms with Gasteiger partial charge >= 0.3 is 0 Å². The third-order valence-electron chi connectivity index (χ3n) is 2.77. The van der Waals surface area contributed by atoms with E-state index in [4.69, 9.17) is 5.73 Å². The number of carbonyl (C=O) groups is 1. The lowest BCUT2D eigenvalue weighted by Crippen LogP contribution is -2.24. The van der Waals surface area contributed by atoms with E-state index in [1.54, 1.807) is 6.92 Å². The molecule has 1 unspecified atom stereocenters. The van der Waals surface area contributed by atoms with E-state index in [-0.39, 0.29) is 0 Å². The highest BCUT2D eigenvalue weighted by molar-refractivity contribution is 5.99. The van der Waals surface area contributed by atoms with Gasteiger partial charge in [0.05, 0.1) is 16.9 Å². The van der Waals surface area contributed by atoms with E-state index in [0.29, 0.717) is 17.2 Å². The maximum atomic E-state index is 11.5. The second-order valence-electron chi connectivity index (χ2n) is 4.68. The second-order valence-corrected chi connectivity index (χ2v) is 4.68. The van der Waals surface area contributed by atoms with Crippen molar-refractivity contribution < 1.29 is 4.79 Å². The monoisotopic (exact) mass is 250 g/mol. The van der Waals surface area contributed by atoms with Crippen LogP contribution in [0, 0.1) is 19.8 Å². The molecule has 5 nitrogen and oxygen atoms in total. The summed E-state index contributed by atoms with van der Waals surface area (Å²) in [6, 6.07) is 1.86. The number of hydrogen-bond acceptors (Lipinski definition) is 4. The van der Waals surface area contributed by atoms with Crippen LogP contribution in [0.5, 0.6) is 0 Å². The zero-order valence-electron chi connectivity index (χ0n) is 11.5. The van der Waals surface area contributed by atoms with Crippen molar-refractivity contribution in [3.63, 3.8) is 0 Å². The molecule has 1 aromatic rings. The zero-order valence-corrected chi connectivity index (χ0v) is 11.5. The first-order valence-corrected chi connectivity index (χ1v) is 6.12. The van der Waals surface area contributed by atoms with Crippen LogP contribution in [0.15, 0.2) is 6.07 Å². The summed E-state index contributed by atoms with van der Waals surface area (Å²) in [5, 5.41) is 6.40. The minimum absolute atomic E-state index is 0.441. The average Bonchev–Trinajstić information content (AvgIpc) is 2.25. The van der Waals surface area contributed by atoms with Crippen LogP contribution in [-0.4, -0.2) is 31.0 Å². The summed E-state index contributed by atoms with van der Waals surface area (Å²) in [5.74, 6) is 0.0215. The first kappa shape index (κ1) is 14.4. The average molecular weight is 250 g/mol. The number of amides is 1. The number of anilines is 1. The van der Waals surface area contributed by atoms with Gasteiger partial charge in [0, 0.05) is 12.2 Å². The van der Waals surface area contributed by atoms with Crippen LogP contribution in [-0.2, 0) is 0 Å². The van der Waals surface area contributed by atoms with E-state index in [1.807, 2.05) is 20.0 Å². The normalized spacial score (nSPS) is 12.2. The molecule has 1 atom stereocenters. The number of carbonyl (C=O) groups excluding carboxylic acids is 1. The molecule has 4 N–H and O–H groups in total. The first-order chi connectivity index (χ1) is 8.45. The Hall–Kier alpha value is -1.62. The molecule has 18 heavy (non-hydrogen) atoms. The molecule has 1 aromatic heterocycles. The third-order valence-corrected chi connectivity index (χ3v) is 2.77. The molecular formula is C13H22N4O. The third kappa shape index (κ3) is 3.70.